The number of nitrogens with zero attached hydrogens (tertiary/aromatic N) is 1. The number of anilines is 1. The minimum absolute atomic E-state index is 0.0233. The van der Waals surface area contributed by atoms with Crippen LogP contribution in [0, 0.1) is 17.3 Å². The summed E-state index contributed by atoms with van der Waals surface area (Å²) in [7, 11) is 3.18. The quantitative estimate of drug-likeness (QED) is 0.674. The average molecular weight is 348 g/mol. The van der Waals surface area contributed by atoms with Crippen molar-refractivity contribution < 1.29 is 14.3 Å². The molecule has 0 aliphatic carbocycles. The van der Waals surface area contributed by atoms with E-state index in [1.807, 2.05) is 33.9 Å². The lowest BCUT2D eigenvalue weighted by atomic mass is 9.98. The van der Waals surface area contributed by atoms with Crippen LogP contribution in [-0.2, 0) is 9.53 Å². The zero-order valence-corrected chi connectivity index (χ0v) is 15.7. The molecule has 1 aliphatic rings. The topological polar surface area (TPSA) is 58.6 Å². The predicted molar refractivity (Wildman–Crippen MR) is 96.3 cm³/mol. The summed E-state index contributed by atoms with van der Waals surface area (Å²) >= 11 is 1.32. The predicted octanol–water partition coefficient (Wildman–Crippen LogP) is 2.97. The lowest BCUT2D eigenvalue weighted by molar-refractivity contribution is -0.132. The van der Waals surface area contributed by atoms with Gasteiger partial charge in [0.1, 0.15) is 4.88 Å². The number of amides is 1. The van der Waals surface area contributed by atoms with Crippen molar-refractivity contribution in [2.24, 2.45) is 5.41 Å². The Morgan fingerprint density at radius 2 is 2.17 bits per heavy atom. The third-order valence-electron chi connectivity index (χ3n) is 3.68. The molecule has 0 saturated carbocycles. The minimum atomic E-state index is -0.384. The molecule has 130 valence electrons. The molecule has 6 heteroatoms. The van der Waals surface area contributed by atoms with Gasteiger partial charge < -0.3 is 15.0 Å². The first-order chi connectivity index (χ1) is 11.2. The molecule has 2 heterocycles. The van der Waals surface area contributed by atoms with Gasteiger partial charge in [-0.3, -0.25) is 4.79 Å². The SMILES string of the molecule is COC(=O)c1sc(C#CC(C)(C)C)cc1NC1CCN(C)C(=O)C1. The number of nitrogens with one attached hydrogen (secondary N) is 1. The van der Waals surface area contributed by atoms with Crippen LogP contribution in [0.15, 0.2) is 6.07 Å². The Morgan fingerprint density at radius 1 is 1.46 bits per heavy atom. The highest BCUT2D eigenvalue weighted by Gasteiger charge is 2.25. The van der Waals surface area contributed by atoms with Crippen LogP contribution in [0.2, 0.25) is 0 Å². The van der Waals surface area contributed by atoms with Crippen LogP contribution < -0.4 is 5.32 Å². The van der Waals surface area contributed by atoms with Crippen LogP contribution in [-0.4, -0.2) is 43.5 Å². The summed E-state index contributed by atoms with van der Waals surface area (Å²) in [6, 6.07) is 1.90. The fraction of sp³-hybridized carbons (Fsp3) is 0.556. The Labute approximate surface area is 147 Å². The second-order valence-corrected chi connectivity index (χ2v) is 8.05. The number of esters is 1. The molecule has 1 fully saturated rings. The van der Waals surface area contributed by atoms with Gasteiger partial charge in [0.2, 0.25) is 5.91 Å². The van der Waals surface area contributed by atoms with E-state index in [1.54, 1.807) is 4.90 Å². The highest BCUT2D eigenvalue weighted by molar-refractivity contribution is 7.15. The lowest BCUT2D eigenvalue weighted by Gasteiger charge is -2.29. The number of carbonyl (C=O) groups excluding carboxylic acids is 2. The molecule has 1 aromatic heterocycles. The largest absolute Gasteiger partial charge is 0.465 e. The highest BCUT2D eigenvalue weighted by Crippen LogP contribution is 2.30. The molecular formula is C18H24N2O3S. The van der Waals surface area contributed by atoms with Crippen molar-refractivity contribution in [3.8, 4) is 11.8 Å². The zero-order valence-electron chi connectivity index (χ0n) is 14.9. The first-order valence-corrected chi connectivity index (χ1v) is 8.77. The normalized spacial score (nSPS) is 18.0. The van der Waals surface area contributed by atoms with E-state index in [0.717, 1.165) is 11.3 Å². The number of hydrogen-bond donors (Lipinski definition) is 1. The highest BCUT2D eigenvalue weighted by atomic mass is 32.1. The zero-order chi connectivity index (χ0) is 17.9. The molecule has 2 rings (SSSR count). The van der Waals surface area contributed by atoms with Gasteiger partial charge in [-0.05, 0) is 33.3 Å². The Kier molecular flexibility index (Phi) is 5.55. The van der Waals surface area contributed by atoms with Crippen LogP contribution in [0.5, 0.6) is 0 Å². The molecule has 5 nitrogen and oxygen atoms in total. The van der Waals surface area contributed by atoms with E-state index in [0.29, 0.717) is 23.5 Å². The lowest BCUT2D eigenvalue weighted by Crippen LogP contribution is -2.41. The number of hydrogen-bond acceptors (Lipinski definition) is 5. The smallest absolute Gasteiger partial charge is 0.350 e. The van der Waals surface area contributed by atoms with Crippen molar-refractivity contribution in [3.05, 3.63) is 15.8 Å². The number of ether oxygens (including phenoxy) is 1. The van der Waals surface area contributed by atoms with Gasteiger partial charge in [-0.15, -0.1) is 11.3 Å². The third-order valence-corrected chi connectivity index (χ3v) is 4.71. The van der Waals surface area contributed by atoms with Gasteiger partial charge in [0.25, 0.3) is 0 Å². The van der Waals surface area contributed by atoms with E-state index in [2.05, 4.69) is 17.2 Å². The van der Waals surface area contributed by atoms with E-state index in [1.165, 1.54) is 18.4 Å². The maximum Gasteiger partial charge on any atom is 0.350 e. The Hall–Kier alpha value is -2.00. The number of methoxy groups -OCH3 is 1. The monoisotopic (exact) mass is 348 g/mol. The van der Waals surface area contributed by atoms with Crippen molar-refractivity contribution in [1.82, 2.24) is 4.90 Å². The molecule has 1 amide bonds. The van der Waals surface area contributed by atoms with E-state index < -0.39 is 0 Å². The Balaban J connectivity index is 2.23. The molecule has 1 aliphatic heterocycles. The van der Waals surface area contributed by atoms with Crippen LogP contribution in [0.25, 0.3) is 0 Å². The van der Waals surface area contributed by atoms with Crippen molar-refractivity contribution in [2.75, 3.05) is 26.0 Å². The van der Waals surface area contributed by atoms with Crippen LogP contribution in [0.3, 0.4) is 0 Å². The van der Waals surface area contributed by atoms with Crippen molar-refractivity contribution >= 4 is 28.9 Å². The second kappa shape index (κ2) is 7.27. The maximum absolute atomic E-state index is 12.0. The van der Waals surface area contributed by atoms with Gasteiger partial charge in [0, 0.05) is 31.5 Å². The molecule has 0 radical (unpaired) electrons. The molecule has 1 saturated heterocycles. The summed E-state index contributed by atoms with van der Waals surface area (Å²) in [6.07, 6.45) is 1.28. The Morgan fingerprint density at radius 3 is 2.75 bits per heavy atom. The van der Waals surface area contributed by atoms with Crippen LogP contribution in [0.4, 0.5) is 5.69 Å². The van der Waals surface area contributed by atoms with Crippen molar-refractivity contribution in [1.29, 1.82) is 0 Å². The molecule has 0 aromatic carbocycles. The summed E-state index contributed by atoms with van der Waals surface area (Å²) in [5.41, 5.74) is 0.594. The molecule has 1 atom stereocenters. The third kappa shape index (κ3) is 4.75. The Bertz CT molecular complexity index is 691. The van der Waals surface area contributed by atoms with E-state index in [-0.39, 0.29) is 23.3 Å². The second-order valence-electron chi connectivity index (χ2n) is 6.99. The molecule has 0 spiro atoms. The van der Waals surface area contributed by atoms with E-state index in [4.69, 9.17) is 4.74 Å². The van der Waals surface area contributed by atoms with Gasteiger partial charge in [0.15, 0.2) is 0 Å². The first-order valence-electron chi connectivity index (χ1n) is 7.95. The molecule has 0 bridgehead atoms. The number of rotatable bonds is 3. The number of thiophene rings is 1. The molecule has 1 N–H and O–H groups in total. The van der Waals surface area contributed by atoms with Gasteiger partial charge in [-0.25, -0.2) is 4.79 Å². The van der Waals surface area contributed by atoms with Crippen LogP contribution in [0.1, 0.15) is 48.2 Å². The van der Waals surface area contributed by atoms with E-state index in [9.17, 15) is 9.59 Å². The standard InChI is InChI=1S/C18H24N2O3S/c1-18(2,3)8-6-13-11-14(16(24-13)17(22)23-5)19-12-7-9-20(4)15(21)10-12/h11-12,19H,7,9-10H2,1-5H3. The fourth-order valence-corrected chi connectivity index (χ4v) is 3.23. The summed E-state index contributed by atoms with van der Waals surface area (Å²) in [5, 5.41) is 3.33. The van der Waals surface area contributed by atoms with Crippen LogP contribution >= 0.6 is 11.3 Å². The van der Waals surface area contributed by atoms with E-state index >= 15 is 0 Å². The van der Waals surface area contributed by atoms with Gasteiger partial charge in [0.05, 0.1) is 17.7 Å². The fourth-order valence-electron chi connectivity index (χ4n) is 2.34. The van der Waals surface area contributed by atoms with Crippen molar-refractivity contribution in [2.45, 2.75) is 39.7 Å². The maximum atomic E-state index is 12.0. The van der Waals surface area contributed by atoms with Gasteiger partial charge >= 0.3 is 5.97 Å². The number of piperidine rings is 1. The summed E-state index contributed by atoms with van der Waals surface area (Å²) < 4.78 is 4.87. The molecule has 1 aromatic rings. The average Bonchev–Trinajstić information content (AvgIpc) is 2.90. The number of likely N-dealkylation sites (tertiary alicyclic amines) is 1. The van der Waals surface area contributed by atoms with Gasteiger partial charge in [-0.2, -0.15) is 0 Å². The molecular weight excluding hydrogens is 324 g/mol. The summed E-state index contributed by atoms with van der Waals surface area (Å²) in [4.78, 5) is 26.9. The molecule has 24 heavy (non-hydrogen) atoms. The van der Waals surface area contributed by atoms with Crippen molar-refractivity contribution in [3.63, 3.8) is 0 Å². The summed E-state index contributed by atoms with van der Waals surface area (Å²) in [5.74, 6) is 6.02. The first kappa shape index (κ1) is 18.3. The minimum Gasteiger partial charge on any atom is -0.465 e. The number of carbonyl (C=O) groups is 2. The van der Waals surface area contributed by atoms with Gasteiger partial charge in [-0.1, -0.05) is 11.8 Å². The molecule has 1 unspecified atom stereocenters. The summed E-state index contributed by atoms with van der Waals surface area (Å²) in [6.45, 7) is 6.83.